The van der Waals surface area contributed by atoms with E-state index in [4.69, 9.17) is 23.2 Å². The molecule has 6 nitrogen and oxygen atoms in total. The van der Waals surface area contributed by atoms with Crippen LogP contribution in [0, 0.1) is 0 Å². The van der Waals surface area contributed by atoms with Gasteiger partial charge < -0.3 is 16.0 Å². The van der Waals surface area contributed by atoms with E-state index in [9.17, 15) is 9.59 Å². The van der Waals surface area contributed by atoms with Gasteiger partial charge in [0.15, 0.2) is 0 Å². The maximum absolute atomic E-state index is 12.5. The predicted molar refractivity (Wildman–Crippen MR) is 130 cm³/mol. The molecule has 0 aliphatic carbocycles. The molecule has 0 spiro atoms. The van der Waals surface area contributed by atoms with E-state index in [0.29, 0.717) is 28.8 Å². The van der Waals surface area contributed by atoms with Crippen LogP contribution in [0.25, 0.3) is 0 Å². The van der Waals surface area contributed by atoms with Gasteiger partial charge in [0.1, 0.15) is 0 Å². The maximum atomic E-state index is 12.5. The van der Waals surface area contributed by atoms with E-state index in [1.807, 2.05) is 37.3 Å². The third-order valence-electron chi connectivity index (χ3n) is 4.42. The number of nitrogens with zero attached hydrogens (tertiary/aromatic N) is 1. The summed E-state index contributed by atoms with van der Waals surface area (Å²) in [7, 11) is 0. The number of hydrogen-bond donors (Lipinski definition) is 3. The van der Waals surface area contributed by atoms with Gasteiger partial charge in [-0.3, -0.25) is 9.78 Å². The van der Waals surface area contributed by atoms with Gasteiger partial charge in [-0.05, 0) is 60.5 Å². The Morgan fingerprint density at radius 2 is 1.72 bits per heavy atom. The first-order chi connectivity index (χ1) is 15.4. The zero-order chi connectivity index (χ0) is 22.9. The fraction of sp³-hybridized carbons (Fsp3) is 0.174. The lowest BCUT2D eigenvalue weighted by Crippen LogP contribution is -2.30. The van der Waals surface area contributed by atoms with E-state index in [-0.39, 0.29) is 17.2 Å². The van der Waals surface area contributed by atoms with E-state index in [2.05, 4.69) is 20.9 Å². The molecule has 1 unspecified atom stereocenters. The third-order valence-corrected chi connectivity index (χ3v) is 6.26. The average molecular weight is 489 g/mol. The quantitative estimate of drug-likeness (QED) is 0.365. The van der Waals surface area contributed by atoms with Gasteiger partial charge in [0.25, 0.3) is 0 Å². The van der Waals surface area contributed by atoms with Crippen LogP contribution in [0.5, 0.6) is 0 Å². The highest BCUT2D eigenvalue weighted by molar-refractivity contribution is 8.00. The van der Waals surface area contributed by atoms with Gasteiger partial charge in [-0.25, -0.2) is 4.79 Å². The van der Waals surface area contributed by atoms with Crippen molar-refractivity contribution in [2.75, 3.05) is 5.32 Å². The van der Waals surface area contributed by atoms with Crippen LogP contribution >= 0.6 is 35.0 Å². The summed E-state index contributed by atoms with van der Waals surface area (Å²) in [5.41, 5.74) is 2.46. The molecule has 0 bridgehead atoms. The summed E-state index contributed by atoms with van der Waals surface area (Å²) < 4.78 is 0. The van der Waals surface area contributed by atoms with Crippen LogP contribution < -0.4 is 16.0 Å². The number of thioether (sulfide) groups is 1. The number of benzene rings is 2. The average Bonchev–Trinajstić information content (AvgIpc) is 2.79. The Labute approximate surface area is 201 Å². The van der Waals surface area contributed by atoms with Crippen LogP contribution in [-0.4, -0.2) is 22.2 Å². The van der Waals surface area contributed by atoms with Crippen molar-refractivity contribution in [3.8, 4) is 0 Å². The number of carbonyl (C=O) groups is 2. The van der Waals surface area contributed by atoms with Crippen molar-refractivity contribution >= 4 is 52.6 Å². The first-order valence-electron chi connectivity index (χ1n) is 9.83. The number of urea groups is 1. The molecule has 0 fully saturated rings. The second kappa shape index (κ2) is 11.8. The summed E-state index contributed by atoms with van der Waals surface area (Å²) in [5, 5.41) is 9.27. The first-order valence-corrected chi connectivity index (χ1v) is 11.5. The topological polar surface area (TPSA) is 83.1 Å². The number of hydrogen-bond acceptors (Lipinski definition) is 4. The van der Waals surface area contributed by atoms with Crippen molar-refractivity contribution in [2.24, 2.45) is 0 Å². The molecule has 2 aromatic carbocycles. The Morgan fingerprint density at radius 3 is 2.50 bits per heavy atom. The SMILES string of the molecule is CC(Sc1cc(Cl)ccc1Cl)C(=O)NCc1cccc(NC(=O)NCc2ccncc2)c1. The van der Waals surface area contributed by atoms with Gasteiger partial charge in [0.2, 0.25) is 5.91 Å². The Bertz CT molecular complexity index is 1080. The van der Waals surface area contributed by atoms with Crippen LogP contribution in [0.2, 0.25) is 10.0 Å². The summed E-state index contributed by atoms with van der Waals surface area (Å²) in [4.78, 5) is 29.4. The molecule has 0 radical (unpaired) electrons. The van der Waals surface area contributed by atoms with E-state index in [1.54, 1.807) is 36.7 Å². The van der Waals surface area contributed by atoms with E-state index >= 15 is 0 Å². The molecule has 3 rings (SSSR count). The third kappa shape index (κ3) is 7.44. The van der Waals surface area contributed by atoms with Crippen LogP contribution in [0.4, 0.5) is 10.5 Å². The van der Waals surface area contributed by atoms with E-state index < -0.39 is 0 Å². The largest absolute Gasteiger partial charge is 0.351 e. The van der Waals surface area contributed by atoms with Gasteiger partial charge in [0.05, 0.1) is 10.3 Å². The standard InChI is InChI=1S/C23H22Cl2N4O2S/c1-15(32-21-12-18(24)5-6-20(21)25)22(30)27-14-17-3-2-4-19(11-17)29-23(31)28-13-16-7-9-26-10-8-16/h2-12,15H,13-14H2,1H3,(H,27,30)(H2,28,29,31). The van der Waals surface area contributed by atoms with Crippen molar-refractivity contribution < 1.29 is 9.59 Å². The second-order valence-electron chi connectivity index (χ2n) is 6.92. The molecule has 1 atom stereocenters. The summed E-state index contributed by atoms with van der Waals surface area (Å²) in [6, 6.07) is 15.8. The summed E-state index contributed by atoms with van der Waals surface area (Å²) in [5.74, 6) is -0.125. The number of carbonyl (C=O) groups excluding carboxylic acids is 2. The Kier molecular flexibility index (Phi) is 8.79. The van der Waals surface area contributed by atoms with E-state index in [0.717, 1.165) is 16.0 Å². The van der Waals surface area contributed by atoms with Crippen molar-refractivity contribution in [3.63, 3.8) is 0 Å². The van der Waals surface area contributed by atoms with Crippen LogP contribution in [0.15, 0.2) is 71.9 Å². The number of anilines is 1. The van der Waals surface area contributed by atoms with E-state index in [1.165, 1.54) is 11.8 Å². The molecule has 166 valence electrons. The lowest BCUT2D eigenvalue weighted by Gasteiger charge is -2.14. The van der Waals surface area contributed by atoms with Crippen molar-refractivity contribution in [2.45, 2.75) is 30.2 Å². The van der Waals surface area contributed by atoms with Gasteiger partial charge in [-0.15, -0.1) is 11.8 Å². The van der Waals surface area contributed by atoms with Crippen molar-refractivity contribution in [1.29, 1.82) is 0 Å². The van der Waals surface area contributed by atoms with Crippen LogP contribution in [0.1, 0.15) is 18.1 Å². The molecule has 32 heavy (non-hydrogen) atoms. The van der Waals surface area contributed by atoms with Crippen LogP contribution in [-0.2, 0) is 17.9 Å². The summed E-state index contributed by atoms with van der Waals surface area (Å²) in [6.07, 6.45) is 3.35. The molecule has 3 amide bonds. The number of nitrogens with one attached hydrogen (secondary N) is 3. The number of amides is 3. The molecular formula is C23H22Cl2N4O2S. The zero-order valence-corrected chi connectivity index (χ0v) is 19.6. The van der Waals surface area contributed by atoms with Gasteiger partial charge in [0, 0.05) is 41.1 Å². The molecule has 3 aromatic rings. The zero-order valence-electron chi connectivity index (χ0n) is 17.3. The minimum absolute atomic E-state index is 0.125. The molecule has 9 heteroatoms. The highest BCUT2D eigenvalue weighted by atomic mass is 35.5. The summed E-state index contributed by atoms with van der Waals surface area (Å²) >= 11 is 13.5. The molecule has 0 aliphatic heterocycles. The highest BCUT2D eigenvalue weighted by Gasteiger charge is 2.16. The smallest absolute Gasteiger partial charge is 0.319 e. The molecule has 0 saturated carbocycles. The molecule has 0 aliphatic rings. The molecule has 0 saturated heterocycles. The number of pyridine rings is 1. The van der Waals surface area contributed by atoms with Crippen molar-refractivity contribution in [3.05, 3.63) is 88.2 Å². The number of rotatable bonds is 8. The van der Waals surface area contributed by atoms with Gasteiger partial charge in [-0.2, -0.15) is 0 Å². The molecule has 1 aromatic heterocycles. The van der Waals surface area contributed by atoms with Gasteiger partial charge in [-0.1, -0.05) is 35.3 Å². The lowest BCUT2D eigenvalue weighted by atomic mass is 10.2. The Morgan fingerprint density at radius 1 is 0.969 bits per heavy atom. The van der Waals surface area contributed by atoms with Gasteiger partial charge >= 0.3 is 6.03 Å². The van der Waals surface area contributed by atoms with Crippen molar-refractivity contribution in [1.82, 2.24) is 15.6 Å². The first kappa shape index (κ1) is 23.9. The molecule has 1 heterocycles. The number of aromatic nitrogens is 1. The monoisotopic (exact) mass is 488 g/mol. The Balaban J connectivity index is 1.49. The number of halogens is 2. The molecular weight excluding hydrogens is 467 g/mol. The lowest BCUT2D eigenvalue weighted by molar-refractivity contribution is -0.120. The summed E-state index contributed by atoms with van der Waals surface area (Å²) in [6.45, 7) is 2.54. The minimum Gasteiger partial charge on any atom is -0.351 e. The maximum Gasteiger partial charge on any atom is 0.319 e. The van der Waals surface area contributed by atoms with Crippen LogP contribution in [0.3, 0.4) is 0 Å². The minimum atomic E-state index is -0.355. The predicted octanol–water partition coefficient (Wildman–Crippen LogP) is 5.51. The Hall–Kier alpha value is -2.74. The molecule has 3 N–H and O–H groups in total. The fourth-order valence-electron chi connectivity index (χ4n) is 2.76. The fourth-order valence-corrected chi connectivity index (χ4v) is 4.20. The second-order valence-corrected chi connectivity index (χ2v) is 9.14. The highest BCUT2D eigenvalue weighted by Crippen LogP contribution is 2.32. The normalized spacial score (nSPS) is 11.5.